The van der Waals surface area contributed by atoms with E-state index in [9.17, 15) is 10.1 Å². The zero-order chi connectivity index (χ0) is 13.3. The van der Waals surface area contributed by atoms with Gasteiger partial charge in [-0.25, -0.2) is 0 Å². The van der Waals surface area contributed by atoms with Crippen LogP contribution >= 0.6 is 0 Å². The van der Waals surface area contributed by atoms with E-state index < -0.39 is 4.92 Å². The lowest BCUT2D eigenvalue weighted by atomic mass is 9.99. The van der Waals surface area contributed by atoms with Gasteiger partial charge in [-0.15, -0.1) is 0 Å². The number of nitro benzene ring substituents is 1. The smallest absolute Gasteiger partial charge is 0.269 e. The van der Waals surface area contributed by atoms with Crippen LogP contribution in [0, 0.1) is 17.0 Å². The lowest BCUT2D eigenvalue weighted by molar-refractivity contribution is -0.384. The van der Waals surface area contributed by atoms with E-state index in [1.807, 2.05) is 13.0 Å². The van der Waals surface area contributed by atoms with E-state index in [-0.39, 0.29) is 5.69 Å². The van der Waals surface area contributed by atoms with Crippen LogP contribution in [0.3, 0.4) is 0 Å². The Hall–Kier alpha value is -2.56. The van der Waals surface area contributed by atoms with Gasteiger partial charge in [0, 0.05) is 12.1 Å². The summed E-state index contributed by atoms with van der Waals surface area (Å²) in [6.07, 6.45) is 0. The van der Waals surface area contributed by atoms with Gasteiger partial charge in [0.05, 0.1) is 16.3 Å². The highest BCUT2D eigenvalue weighted by atomic mass is 16.6. The summed E-state index contributed by atoms with van der Waals surface area (Å²) in [4.78, 5) is 10.3. The summed E-state index contributed by atoms with van der Waals surface area (Å²) in [5.74, 6) is 0. The first-order valence-electron chi connectivity index (χ1n) is 5.39. The highest BCUT2D eigenvalue weighted by Crippen LogP contribution is 2.29. The van der Waals surface area contributed by atoms with Crippen molar-refractivity contribution >= 4 is 17.1 Å². The van der Waals surface area contributed by atoms with Crippen molar-refractivity contribution in [2.24, 2.45) is 0 Å². The van der Waals surface area contributed by atoms with Gasteiger partial charge in [0.2, 0.25) is 0 Å². The first-order chi connectivity index (χ1) is 8.49. The molecule has 0 aliphatic carbocycles. The standard InChI is InChI=1S/C13H13N3O2/c1-8-6-10(16(17)18)3-4-11(8)9-2-5-12(14)13(15)7-9/h2-7H,14-15H2,1H3. The average molecular weight is 243 g/mol. The van der Waals surface area contributed by atoms with E-state index in [1.54, 1.807) is 24.3 Å². The van der Waals surface area contributed by atoms with Crippen LogP contribution in [0.1, 0.15) is 5.56 Å². The maximum atomic E-state index is 10.7. The van der Waals surface area contributed by atoms with Gasteiger partial charge in [-0.2, -0.15) is 0 Å². The zero-order valence-electron chi connectivity index (χ0n) is 9.88. The highest BCUT2D eigenvalue weighted by Gasteiger charge is 2.09. The number of nitrogens with zero attached hydrogens (tertiary/aromatic N) is 1. The molecule has 0 aliphatic rings. The quantitative estimate of drug-likeness (QED) is 0.481. The fourth-order valence-corrected chi connectivity index (χ4v) is 1.83. The minimum Gasteiger partial charge on any atom is -0.397 e. The van der Waals surface area contributed by atoms with Crippen molar-refractivity contribution in [1.29, 1.82) is 0 Å². The Morgan fingerprint density at radius 3 is 2.33 bits per heavy atom. The van der Waals surface area contributed by atoms with E-state index in [0.29, 0.717) is 11.4 Å². The lowest BCUT2D eigenvalue weighted by Gasteiger charge is -2.08. The summed E-state index contributed by atoms with van der Waals surface area (Å²) < 4.78 is 0. The second kappa shape index (κ2) is 4.37. The van der Waals surface area contributed by atoms with Crippen LogP contribution in [0.4, 0.5) is 17.1 Å². The normalized spacial score (nSPS) is 10.3. The molecule has 0 fully saturated rings. The Kier molecular flexibility index (Phi) is 2.89. The Morgan fingerprint density at radius 2 is 1.78 bits per heavy atom. The molecule has 0 bridgehead atoms. The predicted octanol–water partition coefficient (Wildman–Crippen LogP) is 2.73. The minimum atomic E-state index is -0.409. The predicted molar refractivity (Wildman–Crippen MR) is 72.1 cm³/mol. The number of benzene rings is 2. The van der Waals surface area contributed by atoms with Crippen LogP contribution in [0.25, 0.3) is 11.1 Å². The van der Waals surface area contributed by atoms with Crippen molar-refractivity contribution in [3.05, 3.63) is 52.1 Å². The summed E-state index contributed by atoms with van der Waals surface area (Å²) in [6, 6.07) is 10.1. The van der Waals surface area contributed by atoms with Gasteiger partial charge in [-0.3, -0.25) is 10.1 Å². The fraction of sp³-hybridized carbons (Fsp3) is 0.0769. The molecule has 18 heavy (non-hydrogen) atoms. The number of hydrogen-bond donors (Lipinski definition) is 2. The topological polar surface area (TPSA) is 95.2 Å². The Morgan fingerprint density at radius 1 is 1.06 bits per heavy atom. The van der Waals surface area contributed by atoms with Gasteiger partial charge in [0.25, 0.3) is 5.69 Å². The third-order valence-electron chi connectivity index (χ3n) is 2.82. The maximum Gasteiger partial charge on any atom is 0.269 e. The van der Waals surface area contributed by atoms with Crippen LogP contribution in [0.15, 0.2) is 36.4 Å². The van der Waals surface area contributed by atoms with Gasteiger partial charge >= 0.3 is 0 Å². The molecular formula is C13H13N3O2. The second-order valence-electron chi connectivity index (χ2n) is 4.10. The van der Waals surface area contributed by atoms with Crippen molar-refractivity contribution in [3.8, 4) is 11.1 Å². The molecule has 5 heteroatoms. The van der Waals surface area contributed by atoms with Gasteiger partial charge in [0.15, 0.2) is 0 Å². The Bertz CT molecular complexity index is 624. The molecule has 0 saturated carbocycles. The molecule has 2 aromatic rings. The number of nitro groups is 1. The number of non-ortho nitro benzene ring substituents is 1. The third-order valence-corrected chi connectivity index (χ3v) is 2.82. The monoisotopic (exact) mass is 243 g/mol. The number of nitrogens with two attached hydrogens (primary N) is 2. The molecule has 0 atom stereocenters. The molecule has 0 amide bonds. The van der Waals surface area contributed by atoms with Gasteiger partial charge in [-0.05, 0) is 41.8 Å². The number of rotatable bonds is 2. The summed E-state index contributed by atoms with van der Waals surface area (Å²) in [5, 5.41) is 10.7. The molecule has 0 saturated heterocycles. The van der Waals surface area contributed by atoms with E-state index in [4.69, 9.17) is 11.5 Å². The molecule has 0 unspecified atom stereocenters. The molecule has 0 spiro atoms. The maximum absolute atomic E-state index is 10.7. The van der Waals surface area contributed by atoms with Crippen molar-refractivity contribution in [2.75, 3.05) is 11.5 Å². The largest absolute Gasteiger partial charge is 0.397 e. The van der Waals surface area contributed by atoms with Crippen molar-refractivity contribution < 1.29 is 4.92 Å². The molecule has 92 valence electrons. The molecular weight excluding hydrogens is 230 g/mol. The van der Waals surface area contributed by atoms with E-state index in [0.717, 1.165) is 16.7 Å². The Balaban J connectivity index is 2.51. The Labute approximate surface area is 104 Å². The van der Waals surface area contributed by atoms with Crippen LogP contribution in [0.5, 0.6) is 0 Å². The van der Waals surface area contributed by atoms with E-state index in [1.165, 1.54) is 6.07 Å². The van der Waals surface area contributed by atoms with Gasteiger partial charge in [-0.1, -0.05) is 6.07 Å². The molecule has 4 N–H and O–H groups in total. The third kappa shape index (κ3) is 2.10. The average Bonchev–Trinajstić information content (AvgIpc) is 2.32. The van der Waals surface area contributed by atoms with Gasteiger partial charge in [0.1, 0.15) is 0 Å². The number of nitrogen functional groups attached to an aromatic ring is 2. The number of anilines is 2. The number of hydrogen-bond acceptors (Lipinski definition) is 4. The lowest BCUT2D eigenvalue weighted by Crippen LogP contribution is -1.95. The molecule has 5 nitrogen and oxygen atoms in total. The fourth-order valence-electron chi connectivity index (χ4n) is 1.83. The number of aryl methyl sites for hydroxylation is 1. The van der Waals surface area contributed by atoms with Crippen LogP contribution in [-0.2, 0) is 0 Å². The zero-order valence-corrected chi connectivity index (χ0v) is 9.88. The van der Waals surface area contributed by atoms with Gasteiger partial charge < -0.3 is 11.5 Å². The molecule has 2 aromatic carbocycles. The van der Waals surface area contributed by atoms with Crippen LogP contribution < -0.4 is 11.5 Å². The summed E-state index contributed by atoms with van der Waals surface area (Å²) in [7, 11) is 0. The van der Waals surface area contributed by atoms with Crippen LogP contribution in [0.2, 0.25) is 0 Å². The summed E-state index contributed by atoms with van der Waals surface area (Å²) >= 11 is 0. The van der Waals surface area contributed by atoms with Crippen molar-refractivity contribution in [3.63, 3.8) is 0 Å². The first-order valence-corrected chi connectivity index (χ1v) is 5.39. The summed E-state index contributed by atoms with van der Waals surface area (Å²) in [5.41, 5.74) is 15.2. The first kappa shape index (κ1) is 11.9. The minimum absolute atomic E-state index is 0.0830. The summed E-state index contributed by atoms with van der Waals surface area (Å²) in [6.45, 7) is 1.83. The SMILES string of the molecule is Cc1cc([N+](=O)[O-])ccc1-c1ccc(N)c(N)c1. The van der Waals surface area contributed by atoms with E-state index in [2.05, 4.69) is 0 Å². The molecule has 2 rings (SSSR count). The second-order valence-corrected chi connectivity index (χ2v) is 4.10. The van der Waals surface area contributed by atoms with E-state index >= 15 is 0 Å². The van der Waals surface area contributed by atoms with Crippen LogP contribution in [-0.4, -0.2) is 4.92 Å². The van der Waals surface area contributed by atoms with Crippen molar-refractivity contribution in [2.45, 2.75) is 6.92 Å². The molecule has 0 aromatic heterocycles. The highest BCUT2D eigenvalue weighted by molar-refractivity contribution is 5.76. The van der Waals surface area contributed by atoms with Crippen molar-refractivity contribution in [1.82, 2.24) is 0 Å². The molecule has 0 radical (unpaired) electrons. The molecule has 0 heterocycles. The molecule has 0 aliphatic heterocycles.